The number of nitrogens with zero attached hydrogens (tertiary/aromatic N) is 1. The van der Waals surface area contributed by atoms with Gasteiger partial charge in [0.25, 0.3) is 0 Å². The largest absolute Gasteiger partial charge is 0.468 e. The zero-order valence-electron chi connectivity index (χ0n) is 9.00. The molecule has 0 spiro atoms. The van der Waals surface area contributed by atoms with Crippen molar-refractivity contribution < 1.29 is 23.0 Å². The minimum atomic E-state index is -4.36. The van der Waals surface area contributed by atoms with E-state index in [-0.39, 0.29) is 18.4 Å². The van der Waals surface area contributed by atoms with E-state index < -0.39 is 12.8 Å². The smallest absolute Gasteiger partial charge is 0.422 e. The fourth-order valence-electron chi connectivity index (χ4n) is 1.56. The molecular weight excluding hydrogens is 235 g/mol. The molecule has 1 fully saturated rings. The van der Waals surface area contributed by atoms with Crippen LogP contribution in [0.3, 0.4) is 0 Å². The summed E-state index contributed by atoms with van der Waals surface area (Å²) in [6.07, 6.45) is -1.17. The number of aromatic nitrogens is 1. The third-order valence-corrected chi connectivity index (χ3v) is 2.51. The van der Waals surface area contributed by atoms with Crippen molar-refractivity contribution in [2.24, 2.45) is 0 Å². The maximum atomic E-state index is 12.0. The first-order chi connectivity index (χ1) is 7.99. The number of aliphatic hydroxyl groups is 1. The number of halogens is 3. The molecule has 0 radical (unpaired) electrons. The van der Waals surface area contributed by atoms with Crippen molar-refractivity contribution in [1.82, 2.24) is 4.98 Å². The van der Waals surface area contributed by atoms with Gasteiger partial charge in [0.05, 0.1) is 6.61 Å². The number of hydrogen-bond donors (Lipinski definition) is 1. The lowest BCUT2D eigenvalue weighted by atomic mass is 10.1. The van der Waals surface area contributed by atoms with Gasteiger partial charge in [-0.25, -0.2) is 4.98 Å². The van der Waals surface area contributed by atoms with E-state index in [1.54, 1.807) is 6.07 Å². The van der Waals surface area contributed by atoms with Gasteiger partial charge in [0, 0.05) is 11.8 Å². The van der Waals surface area contributed by atoms with Crippen LogP contribution >= 0.6 is 0 Å². The molecule has 1 aromatic heterocycles. The van der Waals surface area contributed by atoms with E-state index in [2.05, 4.69) is 9.72 Å². The summed E-state index contributed by atoms with van der Waals surface area (Å²) in [5, 5.41) is 8.95. The molecule has 0 atom stereocenters. The van der Waals surface area contributed by atoms with Crippen LogP contribution in [0.4, 0.5) is 13.2 Å². The monoisotopic (exact) mass is 247 g/mol. The summed E-state index contributed by atoms with van der Waals surface area (Å²) < 4.78 is 40.8. The average Bonchev–Trinajstić information content (AvgIpc) is 3.09. The van der Waals surface area contributed by atoms with Gasteiger partial charge in [-0.2, -0.15) is 13.2 Å². The van der Waals surface area contributed by atoms with Crippen molar-refractivity contribution in [3.8, 4) is 5.88 Å². The van der Waals surface area contributed by atoms with Crippen molar-refractivity contribution in [2.75, 3.05) is 6.61 Å². The molecule has 1 aromatic rings. The van der Waals surface area contributed by atoms with Gasteiger partial charge < -0.3 is 9.84 Å². The Hall–Kier alpha value is -1.30. The van der Waals surface area contributed by atoms with Gasteiger partial charge in [-0.1, -0.05) is 0 Å². The van der Waals surface area contributed by atoms with Gasteiger partial charge in [0.15, 0.2) is 6.61 Å². The molecule has 1 N–H and O–H groups in total. The van der Waals surface area contributed by atoms with Crippen LogP contribution in [0, 0.1) is 0 Å². The predicted molar refractivity (Wildman–Crippen MR) is 53.7 cm³/mol. The van der Waals surface area contributed by atoms with Crippen molar-refractivity contribution in [2.45, 2.75) is 31.5 Å². The summed E-state index contributed by atoms with van der Waals surface area (Å²) in [5.74, 6) is 0.249. The molecule has 0 bridgehead atoms. The molecule has 2 rings (SSSR count). The van der Waals surface area contributed by atoms with Gasteiger partial charge in [-0.05, 0) is 30.4 Å². The normalized spacial score (nSPS) is 16.0. The molecule has 0 aliphatic heterocycles. The van der Waals surface area contributed by atoms with Gasteiger partial charge in [-0.3, -0.25) is 0 Å². The summed E-state index contributed by atoms with van der Waals surface area (Å²) in [7, 11) is 0. The summed E-state index contributed by atoms with van der Waals surface area (Å²) >= 11 is 0. The van der Waals surface area contributed by atoms with Gasteiger partial charge >= 0.3 is 6.18 Å². The zero-order valence-corrected chi connectivity index (χ0v) is 9.00. The summed E-state index contributed by atoms with van der Waals surface area (Å²) in [6.45, 7) is -1.51. The van der Waals surface area contributed by atoms with Crippen LogP contribution in [0.1, 0.15) is 29.9 Å². The van der Waals surface area contributed by atoms with Crippen LogP contribution in [0.2, 0.25) is 0 Å². The van der Waals surface area contributed by atoms with E-state index in [1.807, 2.05) is 0 Å². The third-order valence-electron chi connectivity index (χ3n) is 2.51. The van der Waals surface area contributed by atoms with Crippen molar-refractivity contribution in [3.63, 3.8) is 0 Å². The molecule has 17 heavy (non-hydrogen) atoms. The Morgan fingerprint density at radius 2 is 2.12 bits per heavy atom. The van der Waals surface area contributed by atoms with Gasteiger partial charge in [0.1, 0.15) is 0 Å². The standard InChI is InChI=1S/C11H12F3NO2/c12-11(13,14)6-17-10-9(8-1-2-8)3-7(5-16)4-15-10/h3-4,8,16H,1-2,5-6H2. The maximum Gasteiger partial charge on any atom is 0.422 e. The van der Waals surface area contributed by atoms with Crippen LogP contribution in [0.15, 0.2) is 12.3 Å². The molecule has 1 aliphatic carbocycles. The van der Waals surface area contributed by atoms with Crippen molar-refractivity contribution in [1.29, 1.82) is 0 Å². The maximum absolute atomic E-state index is 12.0. The lowest BCUT2D eigenvalue weighted by molar-refractivity contribution is -0.154. The van der Waals surface area contributed by atoms with E-state index in [9.17, 15) is 13.2 Å². The Bertz CT molecular complexity index is 402. The van der Waals surface area contributed by atoms with E-state index >= 15 is 0 Å². The number of pyridine rings is 1. The van der Waals surface area contributed by atoms with Crippen LogP contribution in [-0.2, 0) is 6.61 Å². The summed E-state index contributed by atoms with van der Waals surface area (Å²) in [5.41, 5.74) is 1.26. The minimum Gasteiger partial charge on any atom is -0.468 e. The number of aliphatic hydroxyl groups excluding tert-OH is 1. The first kappa shape index (κ1) is 12.2. The first-order valence-electron chi connectivity index (χ1n) is 5.29. The number of alkyl halides is 3. The predicted octanol–water partition coefficient (Wildman–Crippen LogP) is 2.39. The second kappa shape index (κ2) is 4.52. The second-order valence-electron chi connectivity index (χ2n) is 4.07. The van der Waals surface area contributed by atoms with Crippen molar-refractivity contribution in [3.05, 3.63) is 23.4 Å². The van der Waals surface area contributed by atoms with Crippen LogP contribution < -0.4 is 4.74 Å². The van der Waals surface area contributed by atoms with Crippen molar-refractivity contribution >= 4 is 0 Å². The van der Waals surface area contributed by atoms with E-state index in [4.69, 9.17) is 5.11 Å². The highest BCUT2D eigenvalue weighted by Crippen LogP contribution is 2.44. The lowest BCUT2D eigenvalue weighted by Crippen LogP contribution is -2.20. The molecule has 0 aromatic carbocycles. The van der Waals surface area contributed by atoms with E-state index in [0.29, 0.717) is 11.1 Å². The SMILES string of the molecule is OCc1cnc(OCC(F)(F)F)c(C2CC2)c1. The summed E-state index contributed by atoms with van der Waals surface area (Å²) in [4.78, 5) is 3.83. The fraction of sp³-hybridized carbons (Fsp3) is 0.545. The molecule has 3 nitrogen and oxygen atoms in total. The van der Waals surface area contributed by atoms with E-state index in [0.717, 1.165) is 12.8 Å². The lowest BCUT2D eigenvalue weighted by Gasteiger charge is -2.12. The highest BCUT2D eigenvalue weighted by atomic mass is 19.4. The summed E-state index contributed by atoms with van der Waals surface area (Å²) in [6, 6.07) is 1.66. The van der Waals surface area contributed by atoms with Gasteiger partial charge in [0.2, 0.25) is 5.88 Å². The molecule has 1 heterocycles. The molecule has 0 unspecified atom stereocenters. The Morgan fingerprint density at radius 3 is 2.65 bits per heavy atom. The molecule has 0 saturated heterocycles. The third kappa shape index (κ3) is 3.33. The Labute approximate surface area is 96.2 Å². The first-order valence-corrected chi connectivity index (χ1v) is 5.29. The highest BCUT2D eigenvalue weighted by Gasteiger charge is 2.32. The molecule has 0 amide bonds. The van der Waals surface area contributed by atoms with E-state index in [1.165, 1.54) is 6.20 Å². The molecule has 6 heteroatoms. The Balaban J connectivity index is 2.15. The van der Waals surface area contributed by atoms with Crippen LogP contribution in [-0.4, -0.2) is 22.9 Å². The fourth-order valence-corrected chi connectivity index (χ4v) is 1.56. The molecule has 94 valence electrons. The Kier molecular flexibility index (Phi) is 3.24. The number of hydrogen-bond acceptors (Lipinski definition) is 3. The number of rotatable bonds is 4. The Morgan fingerprint density at radius 1 is 1.41 bits per heavy atom. The topological polar surface area (TPSA) is 42.4 Å². The highest BCUT2D eigenvalue weighted by molar-refractivity contribution is 5.35. The molecular formula is C11H12F3NO2. The molecule has 1 saturated carbocycles. The minimum absolute atomic E-state index is 0.0297. The van der Waals surface area contributed by atoms with Crippen LogP contribution in [0.25, 0.3) is 0 Å². The van der Waals surface area contributed by atoms with Crippen LogP contribution in [0.5, 0.6) is 5.88 Å². The second-order valence-corrected chi connectivity index (χ2v) is 4.07. The number of ether oxygens (including phenoxy) is 1. The zero-order chi connectivity index (χ0) is 12.5. The molecule has 1 aliphatic rings. The van der Waals surface area contributed by atoms with Gasteiger partial charge in [-0.15, -0.1) is 0 Å². The average molecular weight is 247 g/mol. The quantitative estimate of drug-likeness (QED) is 0.888.